The Kier molecular flexibility index (Phi) is 8.95. The minimum Gasteiger partial charge on any atom is -0.314 e. The Balaban J connectivity index is 0.00000312. The zero-order valence-corrected chi connectivity index (χ0v) is 15.7. The summed E-state index contributed by atoms with van der Waals surface area (Å²) in [4.78, 5) is 1.94. The summed E-state index contributed by atoms with van der Waals surface area (Å²) < 4.78 is 54.9. The minimum atomic E-state index is -4.60. The summed E-state index contributed by atoms with van der Waals surface area (Å²) in [6, 6.07) is 1.29. The second-order valence-electron chi connectivity index (χ2n) is 6.12. The van der Waals surface area contributed by atoms with Crippen LogP contribution in [0.15, 0.2) is 12.1 Å². The van der Waals surface area contributed by atoms with Gasteiger partial charge in [-0.05, 0) is 18.6 Å². The first-order valence-corrected chi connectivity index (χ1v) is 8.74. The molecule has 1 aliphatic heterocycles. The molecule has 0 spiro atoms. The average molecular weight is 403 g/mol. The summed E-state index contributed by atoms with van der Waals surface area (Å²) in [7, 11) is 0. The Morgan fingerprint density at radius 1 is 1.20 bits per heavy atom. The highest BCUT2D eigenvalue weighted by Crippen LogP contribution is 2.41. The van der Waals surface area contributed by atoms with E-state index in [-0.39, 0.29) is 23.0 Å². The summed E-state index contributed by atoms with van der Waals surface area (Å²) in [5.74, 6) is -0.938. The van der Waals surface area contributed by atoms with Crippen LogP contribution in [0.3, 0.4) is 0 Å². The zero-order valence-electron chi connectivity index (χ0n) is 14.1. The summed E-state index contributed by atoms with van der Waals surface area (Å²) in [6.45, 7) is 4.60. The van der Waals surface area contributed by atoms with Gasteiger partial charge in [-0.1, -0.05) is 37.8 Å². The van der Waals surface area contributed by atoms with Crippen LogP contribution in [0.2, 0.25) is 5.02 Å². The smallest absolute Gasteiger partial charge is 0.314 e. The number of nitrogens with one attached hydrogen (secondary N) is 1. The molecule has 1 atom stereocenters. The van der Waals surface area contributed by atoms with E-state index < -0.39 is 23.6 Å². The fourth-order valence-electron chi connectivity index (χ4n) is 3.23. The van der Waals surface area contributed by atoms with Crippen LogP contribution in [0.1, 0.15) is 49.8 Å². The molecule has 0 aromatic heterocycles. The van der Waals surface area contributed by atoms with Gasteiger partial charge in [-0.2, -0.15) is 13.2 Å². The Morgan fingerprint density at radius 3 is 2.40 bits per heavy atom. The molecule has 2 rings (SSSR count). The lowest BCUT2D eigenvalue weighted by atomic mass is 9.93. The van der Waals surface area contributed by atoms with Crippen molar-refractivity contribution in [1.29, 1.82) is 0 Å². The van der Waals surface area contributed by atoms with E-state index in [2.05, 4.69) is 5.32 Å². The number of hydrogen-bond acceptors (Lipinski definition) is 2. The molecule has 144 valence electrons. The van der Waals surface area contributed by atoms with Crippen LogP contribution < -0.4 is 5.32 Å². The number of nitrogens with zero attached hydrogens (tertiary/aromatic N) is 1. The molecule has 1 saturated heterocycles. The van der Waals surface area contributed by atoms with Gasteiger partial charge in [0, 0.05) is 37.8 Å². The maximum atomic E-state index is 14.6. The lowest BCUT2D eigenvalue weighted by Gasteiger charge is -2.36. The highest BCUT2D eigenvalue weighted by atomic mass is 35.5. The second kappa shape index (κ2) is 9.95. The van der Waals surface area contributed by atoms with Gasteiger partial charge in [0.1, 0.15) is 5.82 Å². The van der Waals surface area contributed by atoms with Gasteiger partial charge in [-0.3, -0.25) is 4.90 Å². The van der Waals surface area contributed by atoms with Gasteiger partial charge >= 0.3 is 6.18 Å². The topological polar surface area (TPSA) is 15.3 Å². The first-order chi connectivity index (χ1) is 11.4. The zero-order chi connectivity index (χ0) is 17.7. The monoisotopic (exact) mass is 402 g/mol. The number of benzene rings is 1. The van der Waals surface area contributed by atoms with Crippen molar-refractivity contribution in [2.45, 2.75) is 44.8 Å². The van der Waals surface area contributed by atoms with E-state index in [9.17, 15) is 17.6 Å². The number of rotatable bonds is 6. The number of halogens is 6. The van der Waals surface area contributed by atoms with Crippen LogP contribution in [0, 0.1) is 5.82 Å². The van der Waals surface area contributed by atoms with Crippen molar-refractivity contribution in [2.24, 2.45) is 0 Å². The standard InChI is InChI=1S/C17H23ClF4N2.ClH/c1-2-3-4-5-14(24-10-8-23-9-11-24)15-12(17(20,21)22)6-7-13(18)16(15)19;/h6-7,14,23H,2-5,8-11H2,1H3;1H/t14-;/m0./s1. The minimum absolute atomic E-state index is 0. The molecule has 0 saturated carbocycles. The van der Waals surface area contributed by atoms with Gasteiger partial charge in [0.05, 0.1) is 10.6 Å². The van der Waals surface area contributed by atoms with Gasteiger partial charge in [-0.15, -0.1) is 12.4 Å². The number of unbranched alkanes of at least 4 members (excludes halogenated alkanes) is 2. The first-order valence-electron chi connectivity index (χ1n) is 8.36. The molecular weight excluding hydrogens is 379 g/mol. The number of piperazine rings is 1. The maximum absolute atomic E-state index is 14.6. The van der Waals surface area contributed by atoms with Gasteiger partial charge in [0.15, 0.2) is 0 Å². The van der Waals surface area contributed by atoms with Crippen molar-refractivity contribution < 1.29 is 17.6 Å². The fraction of sp³-hybridized carbons (Fsp3) is 0.647. The highest BCUT2D eigenvalue weighted by molar-refractivity contribution is 6.30. The Morgan fingerprint density at radius 2 is 1.84 bits per heavy atom. The third kappa shape index (κ3) is 5.71. The second-order valence-corrected chi connectivity index (χ2v) is 6.53. The summed E-state index contributed by atoms with van der Waals surface area (Å²) >= 11 is 5.81. The quantitative estimate of drug-likeness (QED) is 0.502. The maximum Gasteiger partial charge on any atom is 0.416 e. The first kappa shape index (κ1) is 22.5. The van der Waals surface area contributed by atoms with E-state index in [4.69, 9.17) is 11.6 Å². The Labute approximate surface area is 157 Å². The van der Waals surface area contributed by atoms with E-state index in [1.807, 2.05) is 11.8 Å². The van der Waals surface area contributed by atoms with E-state index in [1.165, 1.54) is 0 Å². The predicted octanol–water partition coefficient (Wildman–Crippen LogP) is 5.45. The molecule has 1 N–H and O–H groups in total. The SMILES string of the molecule is CCCCC[C@@H](c1c(C(F)(F)F)ccc(Cl)c1F)N1CCNCC1.Cl. The van der Waals surface area contributed by atoms with Crippen molar-refractivity contribution in [1.82, 2.24) is 10.2 Å². The summed E-state index contributed by atoms with van der Waals surface area (Å²) in [5.41, 5.74) is -1.21. The molecule has 0 amide bonds. The average Bonchev–Trinajstić information content (AvgIpc) is 2.54. The van der Waals surface area contributed by atoms with Crippen molar-refractivity contribution in [3.8, 4) is 0 Å². The molecule has 1 heterocycles. The van der Waals surface area contributed by atoms with E-state index in [0.717, 1.165) is 31.4 Å². The van der Waals surface area contributed by atoms with Crippen molar-refractivity contribution in [3.05, 3.63) is 34.1 Å². The molecule has 25 heavy (non-hydrogen) atoms. The van der Waals surface area contributed by atoms with E-state index >= 15 is 0 Å². The molecule has 0 radical (unpaired) electrons. The fourth-order valence-corrected chi connectivity index (χ4v) is 3.40. The van der Waals surface area contributed by atoms with Gasteiger partial charge < -0.3 is 5.32 Å². The molecular formula is C17H24Cl2F4N2. The van der Waals surface area contributed by atoms with Crippen LogP contribution in [-0.4, -0.2) is 31.1 Å². The molecule has 1 aromatic carbocycles. The van der Waals surface area contributed by atoms with Gasteiger partial charge in [0.2, 0.25) is 0 Å². The Hall–Kier alpha value is -0.560. The third-order valence-corrected chi connectivity index (χ3v) is 4.74. The molecule has 0 aliphatic carbocycles. The summed E-state index contributed by atoms with van der Waals surface area (Å²) in [5, 5.41) is 2.92. The number of hydrogen-bond donors (Lipinski definition) is 1. The van der Waals surface area contributed by atoms with Crippen LogP contribution in [0.5, 0.6) is 0 Å². The van der Waals surface area contributed by atoms with Crippen molar-refractivity contribution in [2.75, 3.05) is 26.2 Å². The molecule has 1 aromatic rings. The Bertz CT molecular complexity index is 546. The highest BCUT2D eigenvalue weighted by Gasteiger charge is 2.39. The van der Waals surface area contributed by atoms with Crippen LogP contribution in [0.25, 0.3) is 0 Å². The van der Waals surface area contributed by atoms with Gasteiger partial charge in [-0.25, -0.2) is 4.39 Å². The van der Waals surface area contributed by atoms with Gasteiger partial charge in [0.25, 0.3) is 0 Å². The lowest BCUT2D eigenvalue weighted by Crippen LogP contribution is -2.45. The van der Waals surface area contributed by atoms with Crippen LogP contribution in [0.4, 0.5) is 17.6 Å². The van der Waals surface area contributed by atoms with E-state index in [0.29, 0.717) is 32.6 Å². The molecule has 1 aliphatic rings. The third-order valence-electron chi connectivity index (χ3n) is 4.44. The largest absolute Gasteiger partial charge is 0.416 e. The van der Waals surface area contributed by atoms with Crippen LogP contribution >= 0.6 is 24.0 Å². The van der Waals surface area contributed by atoms with E-state index in [1.54, 1.807) is 0 Å². The molecule has 8 heteroatoms. The molecule has 2 nitrogen and oxygen atoms in total. The molecule has 1 fully saturated rings. The van der Waals surface area contributed by atoms with Crippen LogP contribution in [-0.2, 0) is 6.18 Å². The normalized spacial score (nSPS) is 17.2. The number of alkyl halides is 3. The molecule has 0 unspecified atom stereocenters. The predicted molar refractivity (Wildman–Crippen MR) is 95.0 cm³/mol. The lowest BCUT2D eigenvalue weighted by molar-refractivity contribution is -0.139. The van der Waals surface area contributed by atoms with Crippen molar-refractivity contribution >= 4 is 24.0 Å². The summed E-state index contributed by atoms with van der Waals surface area (Å²) in [6.07, 6.45) is -1.48. The molecule has 0 bridgehead atoms. The van der Waals surface area contributed by atoms with Crippen molar-refractivity contribution in [3.63, 3.8) is 0 Å².